The summed E-state index contributed by atoms with van der Waals surface area (Å²) in [6.07, 6.45) is 0. The average Bonchev–Trinajstić information content (AvgIpc) is 2.83. The Morgan fingerprint density at radius 1 is 0.812 bits per heavy atom. The third kappa shape index (κ3) is 5.53. The zero-order valence-electron chi connectivity index (χ0n) is 17.8. The van der Waals surface area contributed by atoms with Gasteiger partial charge in [-0.3, -0.25) is 9.10 Å². The summed E-state index contributed by atoms with van der Waals surface area (Å²) in [5, 5.41) is 0. The van der Waals surface area contributed by atoms with E-state index in [-0.39, 0.29) is 16.4 Å². The molecule has 0 aromatic heterocycles. The van der Waals surface area contributed by atoms with E-state index in [0.29, 0.717) is 12.2 Å². The van der Waals surface area contributed by atoms with Gasteiger partial charge in [-0.2, -0.15) is 0 Å². The van der Waals surface area contributed by atoms with Gasteiger partial charge in [0.1, 0.15) is 0 Å². The second-order valence-electron chi connectivity index (χ2n) is 7.14. The minimum absolute atomic E-state index is 0.0408. The van der Waals surface area contributed by atoms with Crippen LogP contribution in [0.2, 0.25) is 0 Å². The Morgan fingerprint density at radius 2 is 1.38 bits per heavy atom. The van der Waals surface area contributed by atoms with Crippen LogP contribution in [-0.4, -0.2) is 45.9 Å². The number of carbonyl (C=O) groups is 2. The maximum atomic E-state index is 12.8. The van der Waals surface area contributed by atoms with Gasteiger partial charge in [0, 0.05) is 20.6 Å². The van der Waals surface area contributed by atoms with Gasteiger partial charge in [0.05, 0.1) is 16.1 Å². The van der Waals surface area contributed by atoms with E-state index in [1.807, 2.05) is 30.3 Å². The monoisotopic (exact) mass is 452 g/mol. The van der Waals surface area contributed by atoms with Crippen LogP contribution in [0.1, 0.15) is 15.9 Å². The van der Waals surface area contributed by atoms with Gasteiger partial charge in [-0.1, -0.05) is 48.5 Å². The Balaban J connectivity index is 1.59. The van der Waals surface area contributed by atoms with Crippen molar-refractivity contribution in [1.29, 1.82) is 0 Å². The first-order valence-corrected chi connectivity index (χ1v) is 11.3. The molecule has 0 N–H and O–H groups in total. The van der Waals surface area contributed by atoms with Crippen molar-refractivity contribution in [3.63, 3.8) is 0 Å². The molecule has 0 radical (unpaired) electrons. The lowest BCUT2D eigenvalue weighted by molar-refractivity contribution is -0.133. The second-order valence-corrected chi connectivity index (χ2v) is 9.11. The van der Waals surface area contributed by atoms with E-state index in [2.05, 4.69) is 0 Å². The molecule has 0 aliphatic rings. The lowest BCUT2D eigenvalue weighted by atomic mass is 10.2. The van der Waals surface area contributed by atoms with E-state index in [1.165, 1.54) is 40.5 Å². The minimum atomic E-state index is -3.78. The van der Waals surface area contributed by atoms with Crippen molar-refractivity contribution < 1.29 is 22.7 Å². The van der Waals surface area contributed by atoms with E-state index in [0.717, 1.165) is 5.56 Å². The van der Waals surface area contributed by atoms with Crippen molar-refractivity contribution in [2.75, 3.05) is 25.0 Å². The molecule has 166 valence electrons. The maximum absolute atomic E-state index is 12.8. The van der Waals surface area contributed by atoms with Crippen molar-refractivity contribution >= 4 is 27.6 Å². The summed E-state index contributed by atoms with van der Waals surface area (Å²) in [5.41, 5.74) is 1.64. The molecule has 7 nitrogen and oxygen atoms in total. The largest absolute Gasteiger partial charge is 0.452 e. The number of anilines is 1. The lowest BCUT2D eigenvalue weighted by Crippen LogP contribution is -2.30. The quantitative estimate of drug-likeness (QED) is 0.490. The standard InChI is InChI=1S/C24H24N2O5S/c1-25(17-19-9-5-3-6-10-19)23(27)18-31-24(28)20-13-15-22(16-14-20)32(29,30)26(2)21-11-7-4-8-12-21/h3-16H,17-18H2,1-2H3. The molecule has 32 heavy (non-hydrogen) atoms. The molecule has 0 unspecified atom stereocenters. The van der Waals surface area contributed by atoms with Crippen LogP contribution in [0, 0.1) is 0 Å². The first kappa shape index (κ1) is 23.0. The zero-order valence-corrected chi connectivity index (χ0v) is 18.7. The number of benzene rings is 3. The molecule has 0 bridgehead atoms. The van der Waals surface area contributed by atoms with E-state index in [1.54, 1.807) is 37.4 Å². The van der Waals surface area contributed by atoms with Crippen molar-refractivity contribution in [3.8, 4) is 0 Å². The van der Waals surface area contributed by atoms with Crippen molar-refractivity contribution in [3.05, 3.63) is 96.1 Å². The molecular weight excluding hydrogens is 428 g/mol. The molecule has 3 rings (SSSR count). The Bertz CT molecular complexity index is 1160. The maximum Gasteiger partial charge on any atom is 0.338 e. The molecule has 0 heterocycles. The van der Waals surface area contributed by atoms with Gasteiger partial charge in [-0.25, -0.2) is 13.2 Å². The van der Waals surface area contributed by atoms with Crippen molar-refractivity contribution in [1.82, 2.24) is 4.90 Å². The summed E-state index contributed by atoms with van der Waals surface area (Å²) in [6.45, 7) is -0.00231. The predicted octanol–water partition coefficient (Wildman–Crippen LogP) is 3.33. The van der Waals surface area contributed by atoms with E-state index in [9.17, 15) is 18.0 Å². The highest BCUT2D eigenvalue weighted by Gasteiger charge is 2.22. The van der Waals surface area contributed by atoms with E-state index < -0.39 is 22.6 Å². The van der Waals surface area contributed by atoms with Crippen LogP contribution < -0.4 is 4.31 Å². The Hall–Kier alpha value is -3.65. The number of carbonyl (C=O) groups excluding carboxylic acids is 2. The summed E-state index contributed by atoms with van der Waals surface area (Å²) < 4.78 is 31.9. The molecule has 3 aromatic rings. The van der Waals surface area contributed by atoms with Crippen LogP contribution in [0.5, 0.6) is 0 Å². The van der Waals surface area contributed by atoms with Gasteiger partial charge in [-0.15, -0.1) is 0 Å². The Labute approximate surface area is 187 Å². The molecule has 1 amide bonds. The zero-order chi connectivity index (χ0) is 23.1. The predicted molar refractivity (Wildman–Crippen MR) is 122 cm³/mol. The third-order valence-corrected chi connectivity index (χ3v) is 6.68. The van der Waals surface area contributed by atoms with Gasteiger partial charge < -0.3 is 9.64 Å². The molecule has 8 heteroatoms. The fourth-order valence-corrected chi connectivity index (χ4v) is 4.16. The van der Waals surface area contributed by atoms with Gasteiger partial charge >= 0.3 is 5.97 Å². The SMILES string of the molecule is CN(Cc1ccccc1)C(=O)COC(=O)c1ccc(S(=O)(=O)N(C)c2ccccc2)cc1. The molecule has 0 atom stereocenters. The molecule has 0 saturated heterocycles. The number of likely N-dealkylation sites (N-methyl/N-ethyl adjacent to an activating group) is 1. The average molecular weight is 453 g/mol. The van der Waals surface area contributed by atoms with Crippen LogP contribution in [0.3, 0.4) is 0 Å². The Morgan fingerprint density at radius 3 is 1.97 bits per heavy atom. The normalized spacial score (nSPS) is 10.9. The van der Waals surface area contributed by atoms with Gasteiger partial charge in [0.25, 0.3) is 15.9 Å². The highest BCUT2D eigenvalue weighted by molar-refractivity contribution is 7.92. The Kier molecular flexibility index (Phi) is 7.27. The molecule has 0 fully saturated rings. The topological polar surface area (TPSA) is 84.0 Å². The van der Waals surface area contributed by atoms with Gasteiger partial charge in [0.2, 0.25) is 0 Å². The summed E-state index contributed by atoms with van der Waals surface area (Å²) >= 11 is 0. The number of sulfonamides is 1. The molecular formula is C24H24N2O5S. The number of nitrogens with zero attached hydrogens (tertiary/aromatic N) is 2. The van der Waals surface area contributed by atoms with Crippen molar-refractivity contribution in [2.45, 2.75) is 11.4 Å². The number of hydrogen-bond acceptors (Lipinski definition) is 5. The molecule has 0 aliphatic heterocycles. The first-order valence-electron chi connectivity index (χ1n) is 9.88. The minimum Gasteiger partial charge on any atom is -0.452 e. The third-order valence-electron chi connectivity index (χ3n) is 4.88. The fraction of sp³-hybridized carbons (Fsp3) is 0.167. The van der Waals surface area contributed by atoms with Crippen LogP contribution in [0.25, 0.3) is 0 Å². The smallest absolute Gasteiger partial charge is 0.338 e. The van der Waals surface area contributed by atoms with Crippen LogP contribution in [0.15, 0.2) is 89.8 Å². The van der Waals surface area contributed by atoms with E-state index in [4.69, 9.17) is 4.74 Å². The first-order chi connectivity index (χ1) is 15.3. The summed E-state index contributed by atoms with van der Waals surface area (Å²) in [5.74, 6) is -1.04. The fourth-order valence-electron chi connectivity index (χ4n) is 2.96. The van der Waals surface area contributed by atoms with Gasteiger partial charge in [-0.05, 0) is 42.0 Å². The molecule has 0 aliphatic carbocycles. The van der Waals surface area contributed by atoms with Crippen LogP contribution >= 0.6 is 0 Å². The lowest BCUT2D eigenvalue weighted by Gasteiger charge is -2.19. The summed E-state index contributed by atoms with van der Waals surface area (Å²) in [4.78, 5) is 26.0. The van der Waals surface area contributed by atoms with E-state index >= 15 is 0 Å². The number of esters is 1. The van der Waals surface area contributed by atoms with Crippen LogP contribution in [-0.2, 0) is 26.1 Å². The molecule has 0 spiro atoms. The molecule has 3 aromatic carbocycles. The highest BCUT2D eigenvalue weighted by atomic mass is 32.2. The number of para-hydroxylation sites is 1. The van der Waals surface area contributed by atoms with Crippen molar-refractivity contribution in [2.24, 2.45) is 0 Å². The number of rotatable bonds is 8. The highest BCUT2D eigenvalue weighted by Crippen LogP contribution is 2.22. The van der Waals surface area contributed by atoms with Gasteiger partial charge in [0.15, 0.2) is 6.61 Å². The summed E-state index contributed by atoms with van der Waals surface area (Å²) in [6, 6.07) is 23.6. The number of hydrogen-bond donors (Lipinski definition) is 0. The molecule has 0 saturated carbocycles. The summed E-state index contributed by atoms with van der Waals surface area (Å²) in [7, 11) is -0.687. The number of amides is 1. The van der Waals surface area contributed by atoms with Crippen LogP contribution in [0.4, 0.5) is 5.69 Å². The number of ether oxygens (including phenoxy) is 1. The second kappa shape index (κ2) is 10.1.